The van der Waals surface area contributed by atoms with Crippen molar-refractivity contribution in [1.29, 1.82) is 0 Å². The first-order chi connectivity index (χ1) is 7.08. The molecule has 0 aromatic heterocycles. The van der Waals surface area contributed by atoms with E-state index in [-0.39, 0.29) is 11.7 Å². The van der Waals surface area contributed by atoms with Crippen molar-refractivity contribution in [2.75, 3.05) is 0 Å². The van der Waals surface area contributed by atoms with Crippen LogP contribution in [0.5, 0.6) is 0 Å². The van der Waals surface area contributed by atoms with Gasteiger partial charge in [0.1, 0.15) is 5.82 Å². The Morgan fingerprint density at radius 3 is 2.80 bits per heavy atom. The summed E-state index contributed by atoms with van der Waals surface area (Å²) in [6.45, 7) is 4.37. The molecule has 0 spiro atoms. The highest BCUT2D eigenvalue weighted by Crippen LogP contribution is 2.04. The van der Waals surface area contributed by atoms with Gasteiger partial charge in [-0.15, -0.1) is 0 Å². The first kappa shape index (κ1) is 11.7. The molecule has 0 atom stereocenters. The lowest BCUT2D eigenvalue weighted by molar-refractivity contribution is -0.121. The normalized spacial score (nSPS) is 10.4. The summed E-state index contributed by atoms with van der Waals surface area (Å²) in [5.41, 5.74) is 0.784. The third-order valence-corrected chi connectivity index (χ3v) is 1.97. The van der Waals surface area contributed by atoms with Crippen LogP contribution in [0.3, 0.4) is 0 Å². The van der Waals surface area contributed by atoms with Gasteiger partial charge in [-0.2, -0.15) is 0 Å². The van der Waals surface area contributed by atoms with Gasteiger partial charge in [0.2, 0.25) is 5.91 Å². The highest BCUT2D eigenvalue weighted by molar-refractivity contribution is 5.76. The zero-order valence-corrected chi connectivity index (χ0v) is 9.09. The van der Waals surface area contributed by atoms with Crippen LogP contribution < -0.4 is 5.32 Å². The monoisotopic (exact) mass is 209 g/mol. The molecule has 15 heavy (non-hydrogen) atoms. The van der Waals surface area contributed by atoms with Gasteiger partial charge in [0.15, 0.2) is 0 Å². The van der Waals surface area contributed by atoms with Crippen LogP contribution in [0.2, 0.25) is 0 Å². The third kappa shape index (κ3) is 4.58. The predicted molar refractivity (Wildman–Crippen MR) is 57.7 cm³/mol. The summed E-state index contributed by atoms with van der Waals surface area (Å²) < 4.78 is 12.8. The van der Waals surface area contributed by atoms with Gasteiger partial charge in [-0.05, 0) is 23.6 Å². The second kappa shape index (κ2) is 5.49. The molecular formula is C12H16FNO. The van der Waals surface area contributed by atoms with Gasteiger partial charge in [-0.25, -0.2) is 4.39 Å². The third-order valence-electron chi connectivity index (χ3n) is 1.97. The Morgan fingerprint density at radius 1 is 1.47 bits per heavy atom. The molecule has 0 aliphatic rings. The number of carbonyl (C=O) groups excluding carboxylic acids is 1. The average Bonchev–Trinajstić information content (AvgIpc) is 2.14. The summed E-state index contributed by atoms with van der Waals surface area (Å²) >= 11 is 0. The molecule has 1 rings (SSSR count). The Bertz CT molecular complexity index is 336. The van der Waals surface area contributed by atoms with Crippen LogP contribution in [-0.2, 0) is 11.3 Å². The molecule has 0 saturated carbocycles. The quantitative estimate of drug-likeness (QED) is 0.811. The average molecular weight is 209 g/mol. The van der Waals surface area contributed by atoms with Crippen molar-refractivity contribution in [2.45, 2.75) is 26.8 Å². The minimum Gasteiger partial charge on any atom is -0.352 e. The van der Waals surface area contributed by atoms with Crippen LogP contribution in [0.15, 0.2) is 24.3 Å². The number of halogens is 1. The van der Waals surface area contributed by atoms with Crippen LogP contribution in [0.1, 0.15) is 25.8 Å². The number of nitrogens with one attached hydrogen (secondary N) is 1. The van der Waals surface area contributed by atoms with E-state index in [0.29, 0.717) is 18.9 Å². The molecule has 1 aromatic rings. The molecule has 0 aliphatic heterocycles. The van der Waals surface area contributed by atoms with Crippen molar-refractivity contribution in [3.05, 3.63) is 35.6 Å². The SMILES string of the molecule is CC(C)CC(=O)NCc1cccc(F)c1. The lowest BCUT2D eigenvalue weighted by atomic mass is 10.1. The molecular weight excluding hydrogens is 193 g/mol. The molecule has 0 bridgehead atoms. The molecule has 2 nitrogen and oxygen atoms in total. The van der Waals surface area contributed by atoms with Crippen molar-refractivity contribution in [3.63, 3.8) is 0 Å². The highest BCUT2D eigenvalue weighted by atomic mass is 19.1. The van der Waals surface area contributed by atoms with E-state index in [9.17, 15) is 9.18 Å². The van der Waals surface area contributed by atoms with Crippen LogP contribution in [0.4, 0.5) is 4.39 Å². The molecule has 0 saturated heterocycles. The summed E-state index contributed by atoms with van der Waals surface area (Å²) in [5, 5.41) is 2.75. The Kier molecular flexibility index (Phi) is 4.28. The number of carbonyl (C=O) groups is 1. The number of amides is 1. The Hall–Kier alpha value is -1.38. The topological polar surface area (TPSA) is 29.1 Å². The van der Waals surface area contributed by atoms with Gasteiger partial charge in [0, 0.05) is 13.0 Å². The smallest absolute Gasteiger partial charge is 0.220 e. The van der Waals surface area contributed by atoms with Crippen molar-refractivity contribution in [1.82, 2.24) is 5.32 Å². The van der Waals surface area contributed by atoms with Gasteiger partial charge >= 0.3 is 0 Å². The Morgan fingerprint density at radius 2 is 2.20 bits per heavy atom. The van der Waals surface area contributed by atoms with Gasteiger partial charge < -0.3 is 5.32 Å². The molecule has 0 aliphatic carbocycles. The standard InChI is InChI=1S/C12H16FNO/c1-9(2)6-12(15)14-8-10-4-3-5-11(13)7-10/h3-5,7,9H,6,8H2,1-2H3,(H,14,15). The molecule has 0 unspecified atom stereocenters. The van der Waals surface area contributed by atoms with Crippen molar-refractivity contribution >= 4 is 5.91 Å². The zero-order valence-electron chi connectivity index (χ0n) is 9.09. The van der Waals surface area contributed by atoms with Crippen molar-refractivity contribution in [3.8, 4) is 0 Å². The molecule has 0 radical (unpaired) electrons. The summed E-state index contributed by atoms with van der Waals surface area (Å²) in [7, 11) is 0. The van der Waals surface area contributed by atoms with E-state index in [1.54, 1.807) is 12.1 Å². The van der Waals surface area contributed by atoms with E-state index < -0.39 is 0 Å². The van der Waals surface area contributed by atoms with E-state index in [2.05, 4.69) is 5.32 Å². The summed E-state index contributed by atoms with van der Waals surface area (Å²) in [5.74, 6) is 0.0809. The number of benzene rings is 1. The van der Waals surface area contributed by atoms with E-state index in [1.165, 1.54) is 12.1 Å². The minimum atomic E-state index is -0.273. The highest BCUT2D eigenvalue weighted by Gasteiger charge is 2.04. The van der Waals surface area contributed by atoms with Crippen LogP contribution in [-0.4, -0.2) is 5.91 Å². The largest absolute Gasteiger partial charge is 0.352 e. The lowest BCUT2D eigenvalue weighted by Crippen LogP contribution is -2.23. The first-order valence-electron chi connectivity index (χ1n) is 5.09. The summed E-state index contributed by atoms with van der Waals surface area (Å²) in [6, 6.07) is 6.24. The van der Waals surface area contributed by atoms with Crippen molar-refractivity contribution in [2.24, 2.45) is 5.92 Å². The second-order valence-electron chi connectivity index (χ2n) is 4.00. The Labute approximate surface area is 89.5 Å². The molecule has 1 aromatic carbocycles. The minimum absolute atomic E-state index is 0.00858. The maximum Gasteiger partial charge on any atom is 0.220 e. The molecule has 1 N–H and O–H groups in total. The molecule has 3 heteroatoms. The number of hydrogen-bond acceptors (Lipinski definition) is 1. The lowest BCUT2D eigenvalue weighted by Gasteiger charge is -2.07. The van der Waals surface area contributed by atoms with E-state index in [0.717, 1.165) is 5.56 Å². The first-order valence-corrected chi connectivity index (χ1v) is 5.09. The van der Waals surface area contributed by atoms with Crippen LogP contribution in [0.25, 0.3) is 0 Å². The fourth-order valence-electron chi connectivity index (χ4n) is 1.29. The van der Waals surface area contributed by atoms with E-state index >= 15 is 0 Å². The molecule has 0 fully saturated rings. The van der Waals surface area contributed by atoms with E-state index in [4.69, 9.17) is 0 Å². The molecule has 82 valence electrons. The molecule has 0 heterocycles. The molecule has 1 amide bonds. The maximum atomic E-state index is 12.8. The van der Waals surface area contributed by atoms with Crippen molar-refractivity contribution < 1.29 is 9.18 Å². The van der Waals surface area contributed by atoms with Crippen LogP contribution >= 0.6 is 0 Å². The Balaban J connectivity index is 2.40. The predicted octanol–water partition coefficient (Wildman–Crippen LogP) is 2.49. The zero-order chi connectivity index (χ0) is 11.3. The number of rotatable bonds is 4. The van der Waals surface area contributed by atoms with E-state index in [1.807, 2.05) is 13.8 Å². The second-order valence-corrected chi connectivity index (χ2v) is 4.00. The fourth-order valence-corrected chi connectivity index (χ4v) is 1.29. The van der Waals surface area contributed by atoms with Gasteiger partial charge in [-0.3, -0.25) is 4.79 Å². The van der Waals surface area contributed by atoms with Gasteiger partial charge in [0.05, 0.1) is 0 Å². The van der Waals surface area contributed by atoms with Gasteiger partial charge in [0.25, 0.3) is 0 Å². The number of hydrogen-bond donors (Lipinski definition) is 1. The fraction of sp³-hybridized carbons (Fsp3) is 0.417. The van der Waals surface area contributed by atoms with Crippen LogP contribution in [0, 0.1) is 11.7 Å². The maximum absolute atomic E-state index is 12.8. The summed E-state index contributed by atoms with van der Waals surface area (Å²) in [4.78, 5) is 11.3. The van der Waals surface area contributed by atoms with Gasteiger partial charge in [-0.1, -0.05) is 26.0 Å². The summed E-state index contributed by atoms with van der Waals surface area (Å²) in [6.07, 6.45) is 0.509.